The number of hydrogen-bond acceptors (Lipinski definition) is 4. The molecule has 4 nitrogen and oxygen atoms in total. The first-order valence-electron chi connectivity index (χ1n) is 3.36. The minimum Gasteiger partial charge on any atom is -0.508 e. The van der Waals surface area contributed by atoms with Gasteiger partial charge in [0.15, 0.2) is 11.6 Å². The highest BCUT2D eigenvalue weighted by atomic mass is 19.1. The molecule has 0 bridgehead atoms. The van der Waals surface area contributed by atoms with E-state index in [-0.39, 0.29) is 0 Å². The van der Waals surface area contributed by atoms with E-state index < -0.39 is 28.8 Å². The first-order chi connectivity index (χ1) is 6.06. The SMILES string of the molecule is COC(=O)c1cc(O)cc(O)c1F. The van der Waals surface area contributed by atoms with Crippen molar-refractivity contribution in [1.82, 2.24) is 0 Å². The van der Waals surface area contributed by atoms with Crippen LogP contribution in [0.1, 0.15) is 10.4 Å². The smallest absolute Gasteiger partial charge is 0.341 e. The third-order valence-corrected chi connectivity index (χ3v) is 1.44. The van der Waals surface area contributed by atoms with Gasteiger partial charge >= 0.3 is 5.97 Å². The van der Waals surface area contributed by atoms with Gasteiger partial charge in [-0.3, -0.25) is 0 Å². The molecule has 0 heterocycles. The lowest BCUT2D eigenvalue weighted by Gasteiger charge is -2.03. The number of methoxy groups -OCH3 is 1. The van der Waals surface area contributed by atoms with Gasteiger partial charge in [-0.1, -0.05) is 0 Å². The molecule has 0 saturated heterocycles. The van der Waals surface area contributed by atoms with Crippen molar-refractivity contribution in [2.24, 2.45) is 0 Å². The normalized spacial score (nSPS) is 9.69. The van der Waals surface area contributed by atoms with Crippen molar-refractivity contribution in [3.05, 3.63) is 23.5 Å². The number of rotatable bonds is 1. The maximum Gasteiger partial charge on any atom is 0.341 e. The van der Waals surface area contributed by atoms with Crippen molar-refractivity contribution in [2.75, 3.05) is 7.11 Å². The molecule has 70 valence electrons. The summed E-state index contributed by atoms with van der Waals surface area (Å²) < 4.78 is 17.2. The standard InChI is InChI=1S/C8H7FO4/c1-13-8(12)5-2-4(10)3-6(11)7(5)9/h2-3,10-11H,1H3. The van der Waals surface area contributed by atoms with Gasteiger partial charge in [-0.25, -0.2) is 9.18 Å². The Morgan fingerprint density at radius 2 is 2.08 bits per heavy atom. The Kier molecular flexibility index (Phi) is 2.36. The van der Waals surface area contributed by atoms with Crippen LogP contribution in [0.2, 0.25) is 0 Å². The van der Waals surface area contributed by atoms with E-state index >= 15 is 0 Å². The molecule has 0 aliphatic rings. The summed E-state index contributed by atoms with van der Waals surface area (Å²) in [5, 5.41) is 17.8. The molecule has 0 fully saturated rings. The van der Waals surface area contributed by atoms with Gasteiger partial charge in [0.1, 0.15) is 11.3 Å². The van der Waals surface area contributed by atoms with Crippen molar-refractivity contribution in [3.63, 3.8) is 0 Å². The zero-order chi connectivity index (χ0) is 10.0. The molecular formula is C8H7FO4. The largest absolute Gasteiger partial charge is 0.508 e. The second-order valence-electron chi connectivity index (χ2n) is 2.32. The Hall–Kier alpha value is -1.78. The molecule has 2 N–H and O–H groups in total. The molecule has 0 radical (unpaired) electrons. The van der Waals surface area contributed by atoms with Crippen molar-refractivity contribution in [2.45, 2.75) is 0 Å². The highest BCUT2D eigenvalue weighted by Gasteiger charge is 2.16. The number of aromatic hydroxyl groups is 2. The number of phenols is 2. The lowest BCUT2D eigenvalue weighted by Crippen LogP contribution is -2.04. The van der Waals surface area contributed by atoms with Crippen LogP contribution in [0.5, 0.6) is 11.5 Å². The molecule has 13 heavy (non-hydrogen) atoms. The van der Waals surface area contributed by atoms with Crippen LogP contribution in [0.3, 0.4) is 0 Å². The van der Waals surface area contributed by atoms with Crippen LogP contribution >= 0.6 is 0 Å². The highest BCUT2D eigenvalue weighted by Crippen LogP contribution is 2.25. The van der Waals surface area contributed by atoms with Gasteiger partial charge in [-0.05, 0) is 6.07 Å². The lowest BCUT2D eigenvalue weighted by atomic mass is 10.2. The maximum atomic E-state index is 13.0. The molecule has 0 aromatic heterocycles. The summed E-state index contributed by atoms with van der Waals surface area (Å²) in [7, 11) is 1.07. The number of carbonyl (C=O) groups is 1. The number of ether oxygens (including phenoxy) is 1. The third kappa shape index (κ3) is 1.69. The van der Waals surface area contributed by atoms with E-state index in [2.05, 4.69) is 4.74 Å². The predicted molar refractivity (Wildman–Crippen MR) is 41.1 cm³/mol. The quantitative estimate of drug-likeness (QED) is 0.642. The van der Waals surface area contributed by atoms with Gasteiger partial charge in [0.2, 0.25) is 0 Å². The fourth-order valence-electron chi connectivity index (χ4n) is 0.853. The van der Waals surface area contributed by atoms with Gasteiger partial charge in [0.25, 0.3) is 0 Å². The van der Waals surface area contributed by atoms with Crippen molar-refractivity contribution in [3.8, 4) is 11.5 Å². The average molecular weight is 186 g/mol. The Labute approximate surface area is 73.2 Å². The van der Waals surface area contributed by atoms with Crippen LogP contribution < -0.4 is 0 Å². The zero-order valence-electron chi connectivity index (χ0n) is 6.74. The Balaban J connectivity index is 3.28. The first kappa shape index (κ1) is 9.31. The van der Waals surface area contributed by atoms with Gasteiger partial charge in [0, 0.05) is 6.07 Å². The van der Waals surface area contributed by atoms with E-state index in [1.165, 1.54) is 0 Å². The molecule has 0 atom stereocenters. The summed E-state index contributed by atoms with van der Waals surface area (Å²) in [6.07, 6.45) is 0. The number of esters is 1. The van der Waals surface area contributed by atoms with Crippen LogP contribution in [0.4, 0.5) is 4.39 Å². The van der Waals surface area contributed by atoms with E-state index in [9.17, 15) is 9.18 Å². The van der Waals surface area contributed by atoms with Crippen molar-refractivity contribution >= 4 is 5.97 Å². The molecule has 0 saturated carbocycles. The van der Waals surface area contributed by atoms with E-state index in [0.717, 1.165) is 19.2 Å². The Bertz CT molecular complexity index is 348. The van der Waals surface area contributed by atoms with Gasteiger partial charge in [-0.15, -0.1) is 0 Å². The topological polar surface area (TPSA) is 66.8 Å². The molecular weight excluding hydrogens is 179 g/mol. The summed E-state index contributed by atoms with van der Waals surface area (Å²) in [4.78, 5) is 10.9. The monoisotopic (exact) mass is 186 g/mol. The van der Waals surface area contributed by atoms with E-state index in [0.29, 0.717) is 0 Å². The van der Waals surface area contributed by atoms with Crippen LogP contribution in [-0.2, 0) is 4.74 Å². The molecule has 0 aliphatic carbocycles. The second-order valence-corrected chi connectivity index (χ2v) is 2.32. The molecule has 5 heteroatoms. The van der Waals surface area contributed by atoms with Crippen LogP contribution in [0, 0.1) is 5.82 Å². The molecule has 1 aromatic rings. The van der Waals surface area contributed by atoms with Crippen LogP contribution in [0.15, 0.2) is 12.1 Å². The van der Waals surface area contributed by atoms with Gasteiger partial charge in [-0.2, -0.15) is 0 Å². The van der Waals surface area contributed by atoms with Crippen LogP contribution in [0.25, 0.3) is 0 Å². The molecule has 1 aromatic carbocycles. The second kappa shape index (κ2) is 3.30. The number of phenolic OH excluding ortho intramolecular Hbond substituents is 2. The lowest BCUT2D eigenvalue weighted by molar-refractivity contribution is 0.0594. The third-order valence-electron chi connectivity index (χ3n) is 1.44. The van der Waals surface area contributed by atoms with E-state index in [4.69, 9.17) is 10.2 Å². The molecule has 0 unspecified atom stereocenters. The van der Waals surface area contributed by atoms with E-state index in [1.807, 2.05) is 0 Å². The Morgan fingerprint density at radius 1 is 1.46 bits per heavy atom. The van der Waals surface area contributed by atoms with Crippen molar-refractivity contribution < 1.29 is 24.1 Å². The van der Waals surface area contributed by atoms with E-state index in [1.54, 1.807) is 0 Å². The minimum absolute atomic E-state index is 0.403. The molecule has 1 rings (SSSR count). The summed E-state index contributed by atoms with van der Waals surface area (Å²) >= 11 is 0. The summed E-state index contributed by atoms with van der Waals surface area (Å²) in [5.74, 6) is -3.26. The molecule has 0 amide bonds. The maximum absolute atomic E-state index is 13.0. The number of benzene rings is 1. The fraction of sp³-hybridized carbons (Fsp3) is 0.125. The minimum atomic E-state index is -1.11. The summed E-state index contributed by atoms with van der Waals surface area (Å²) in [5.41, 5.74) is -0.500. The van der Waals surface area contributed by atoms with Crippen LogP contribution in [-0.4, -0.2) is 23.3 Å². The van der Waals surface area contributed by atoms with Gasteiger partial charge < -0.3 is 14.9 Å². The van der Waals surface area contributed by atoms with Crippen molar-refractivity contribution in [1.29, 1.82) is 0 Å². The zero-order valence-corrected chi connectivity index (χ0v) is 6.74. The Morgan fingerprint density at radius 3 is 2.62 bits per heavy atom. The highest BCUT2D eigenvalue weighted by molar-refractivity contribution is 5.90. The van der Waals surface area contributed by atoms with Gasteiger partial charge in [0.05, 0.1) is 7.11 Å². The molecule has 0 aliphatic heterocycles. The fourth-order valence-corrected chi connectivity index (χ4v) is 0.853. The molecule has 0 spiro atoms. The number of carbonyl (C=O) groups excluding carboxylic acids is 1. The average Bonchev–Trinajstić information content (AvgIpc) is 2.10. The summed E-state index contributed by atoms with van der Waals surface area (Å²) in [6, 6.07) is 1.67. The summed E-state index contributed by atoms with van der Waals surface area (Å²) in [6.45, 7) is 0. The first-order valence-corrected chi connectivity index (χ1v) is 3.36. The predicted octanol–water partition coefficient (Wildman–Crippen LogP) is 1.02. The number of hydrogen-bond donors (Lipinski definition) is 2. The number of halogens is 1.